The van der Waals surface area contributed by atoms with Gasteiger partial charge in [0.2, 0.25) is 0 Å². The van der Waals surface area contributed by atoms with Crippen LogP contribution in [0, 0.1) is 0 Å². The SMILES string of the molecule is CCc1cc(Cl)c(O)c(C(O)CN)c1. The Balaban J connectivity index is 3.20. The molecular weight excluding hydrogens is 202 g/mol. The van der Waals surface area contributed by atoms with Crippen molar-refractivity contribution in [3.05, 3.63) is 28.3 Å². The van der Waals surface area contributed by atoms with Crippen LogP contribution in [0.3, 0.4) is 0 Å². The van der Waals surface area contributed by atoms with Gasteiger partial charge in [0.05, 0.1) is 11.1 Å². The monoisotopic (exact) mass is 215 g/mol. The Morgan fingerprint density at radius 3 is 2.64 bits per heavy atom. The highest BCUT2D eigenvalue weighted by atomic mass is 35.5. The van der Waals surface area contributed by atoms with E-state index in [1.54, 1.807) is 12.1 Å². The van der Waals surface area contributed by atoms with E-state index in [0.29, 0.717) is 5.56 Å². The largest absolute Gasteiger partial charge is 0.506 e. The molecule has 0 amide bonds. The van der Waals surface area contributed by atoms with Crippen LogP contribution in [-0.2, 0) is 6.42 Å². The minimum absolute atomic E-state index is 0.0665. The van der Waals surface area contributed by atoms with E-state index in [2.05, 4.69) is 0 Å². The van der Waals surface area contributed by atoms with E-state index < -0.39 is 6.10 Å². The summed E-state index contributed by atoms with van der Waals surface area (Å²) in [6.07, 6.45) is -0.0661. The predicted molar refractivity (Wildman–Crippen MR) is 56.5 cm³/mol. The number of halogens is 1. The highest BCUT2D eigenvalue weighted by Crippen LogP contribution is 2.32. The first-order valence-corrected chi connectivity index (χ1v) is 4.87. The van der Waals surface area contributed by atoms with Crippen molar-refractivity contribution in [1.29, 1.82) is 0 Å². The summed E-state index contributed by atoms with van der Waals surface area (Å²) in [6.45, 7) is 2.04. The second kappa shape index (κ2) is 4.64. The Hall–Kier alpha value is -0.770. The lowest BCUT2D eigenvalue weighted by molar-refractivity contribution is 0.182. The van der Waals surface area contributed by atoms with Gasteiger partial charge in [-0.05, 0) is 24.1 Å². The maximum absolute atomic E-state index is 9.57. The molecule has 0 spiro atoms. The van der Waals surface area contributed by atoms with Gasteiger partial charge in [-0.2, -0.15) is 0 Å². The summed E-state index contributed by atoms with van der Waals surface area (Å²) in [6, 6.07) is 3.41. The van der Waals surface area contributed by atoms with Crippen LogP contribution in [-0.4, -0.2) is 16.8 Å². The van der Waals surface area contributed by atoms with Crippen LogP contribution in [0.1, 0.15) is 24.2 Å². The smallest absolute Gasteiger partial charge is 0.140 e. The van der Waals surface area contributed by atoms with E-state index in [1.165, 1.54) is 0 Å². The molecule has 1 aromatic rings. The molecule has 0 aliphatic carbocycles. The molecule has 0 aliphatic rings. The third kappa shape index (κ3) is 2.18. The quantitative estimate of drug-likeness (QED) is 0.718. The minimum atomic E-state index is -0.862. The first-order chi connectivity index (χ1) is 6.60. The third-order valence-electron chi connectivity index (χ3n) is 2.14. The fourth-order valence-electron chi connectivity index (χ4n) is 1.26. The Kier molecular flexibility index (Phi) is 3.75. The Bertz CT molecular complexity index is 328. The molecule has 78 valence electrons. The van der Waals surface area contributed by atoms with E-state index >= 15 is 0 Å². The second-order valence-electron chi connectivity index (χ2n) is 3.12. The van der Waals surface area contributed by atoms with Crippen LogP contribution in [0.2, 0.25) is 5.02 Å². The molecule has 0 saturated carbocycles. The molecule has 4 N–H and O–H groups in total. The molecule has 0 aromatic heterocycles. The number of aliphatic hydroxyl groups excluding tert-OH is 1. The number of phenolic OH excluding ortho intramolecular Hbond substituents is 1. The summed E-state index contributed by atoms with van der Waals surface area (Å²) in [5.41, 5.74) is 6.68. The highest BCUT2D eigenvalue weighted by molar-refractivity contribution is 6.32. The zero-order valence-corrected chi connectivity index (χ0v) is 8.75. The maximum atomic E-state index is 9.57. The molecule has 0 aliphatic heterocycles. The number of hydrogen-bond acceptors (Lipinski definition) is 3. The molecule has 1 unspecified atom stereocenters. The van der Waals surface area contributed by atoms with Crippen LogP contribution in [0.25, 0.3) is 0 Å². The van der Waals surface area contributed by atoms with E-state index in [4.69, 9.17) is 17.3 Å². The minimum Gasteiger partial charge on any atom is -0.506 e. The summed E-state index contributed by atoms with van der Waals surface area (Å²) >= 11 is 5.80. The van der Waals surface area contributed by atoms with Crippen molar-refractivity contribution in [2.75, 3.05) is 6.54 Å². The molecule has 0 heterocycles. The first kappa shape index (κ1) is 11.3. The van der Waals surface area contributed by atoms with Crippen molar-refractivity contribution < 1.29 is 10.2 Å². The standard InChI is InChI=1S/C10H14ClNO2/c1-2-6-3-7(9(13)5-12)10(14)8(11)4-6/h3-4,9,13-14H,2,5,12H2,1H3. The average molecular weight is 216 g/mol. The molecule has 1 atom stereocenters. The highest BCUT2D eigenvalue weighted by Gasteiger charge is 2.14. The van der Waals surface area contributed by atoms with Crippen molar-refractivity contribution in [1.82, 2.24) is 0 Å². The van der Waals surface area contributed by atoms with Crippen LogP contribution in [0.4, 0.5) is 0 Å². The Morgan fingerprint density at radius 2 is 2.14 bits per heavy atom. The first-order valence-electron chi connectivity index (χ1n) is 4.49. The van der Waals surface area contributed by atoms with Crippen molar-refractivity contribution in [3.63, 3.8) is 0 Å². The maximum Gasteiger partial charge on any atom is 0.140 e. The van der Waals surface area contributed by atoms with Gasteiger partial charge in [0.25, 0.3) is 0 Å². The number of hydrogen-bond donors (Lipinski definition) is 3. The van der Waals surface area contributed by atoms with Crippen LogP contribution in [0.15, 0.2) is 12.1 Å². The van der Waals surface area contributed by atoms with Gasteiger partial charge in [-0.25, -0.2) is 0 Å². The molecule has 0 bridgehead atoms. The van der Waals surface area contributed by atoms with Crippen molar-refractivity contribution in [2.45, 2.75) is 19.4 Å². The zero-order valence-electron chi connectivity index (χ0n) is 8.00. The van der Waals surface area contributed by atoms with Crippen LogP contribution >= 0.6 is 11.6 Å². The number of rotatable bonds is 3. The van der Waals surface area contributed by atoms with Gasteiger partial charge in [0.1, 0.15) is 5.75 Å². The van der Waals surface area contributed by atoms with E-state index in [9.17, 15) is 10.2 Å². The number of aliphatic hydroxyl groups is 1. The fraction of sp³-hybridized carbons (Fsp3) is 0.400. The van der Waals surface area contributed by atoms with Gasteiger partial charge in [0, 0.05) is 12.1 Å². The van der Waals surface area contributed by atoms with Gasteiger partial charge in [0.15, 0.2) is 0 Å². The van der Waals surface area contributed by atoms with Gasteiger partial charge >= 0.3 is 0 Å². The lowest BCUT2D eigenvalue weighted by atomic mass is 10.0. The molecule has 0 fully saturated rings. The lowest BCUT2D eigenvalue weighted by Crippen LogP contribution is -2.12. The number of aromatic hydroxyl groups is 1. The van der Waals surface area contributed by atoms with Crippen molar-refractivity contribution >= 4 is 11.6 Å². The van der Waals surface area contributed by atoms with Crippen molar-refractivity contribution in [3.8, 4) is 5.75 Å². The van der Waals surface area contributed by atoms with Gasteiger partial charge in [-0.3, -0.25) is 0 Å². The molecule has 0 radical (unpaired) electrons. The van der Waals surface area contributed by atoms with E-state index in [0.717, 1.165) is 12.0 Å². The van der Waals surface area contributed by atoms with Gasteiger partial charge in [-0.15, -0.1) is 0 Å². The molecule has 1 rings (SSSR count). The lowest BCUT2D eigenvalue weighted by Gasteiger charge is -2.13. The molecule has 4 heteroatoms. The number of nitrogens with two attached hydrogens (primary N) is 1. The fourth-order valence-corrected chi connectivity index (χ4v) is 1.51. The normalized spacial score (nSPS) is 12.9. The second-order valence-corrected chi connectivity index (χ2v) is 3.53. The summed E-state index contributed by atoms with van der Waals surface area (Å²) in [5.74, 6) is -0.0817. The van der Waals surface area contributed by atoms with Gasteiger partial charge < -0.3 is 15.9 Å². The Labute approximate surface area is 88.1 Å². The van der Waals surface area contributed by atoms with Crippen LogP contribution < -0.4 is 5.73 Å². The predicted octanol–water partition coefficient (Wildman–Crippen LogP) is 1.60. The number of phenols is 1. The van der Waals surface area contributed by atoms with Crippen LogP contribution in [0.5, 0.6) is 5.75 Å². The summed E-state index contributed by atoms with van der Waals surface area (Å²) in [4.78, 5) is 0. The number of aryl methyl sites for hydroxylation is 1. The molecule has 3 nitrogen and oxygen atoms in total. The molecular formula is C10H14ClNO2. The zero-order chi connectivity index (χ0) is 10.7. The Morgan fingerprint density at radius 1 is 1.50 bits per heavy atom. The topological polar surface area (TPSA) is 66.5 Å². The molecule has 1 aromatic carbocycles. The van der Waals surface area contributed by atoms with E-state index in [-0.39, 0.29) is 17.3 Å². The van der Waals surface area contributed by atoms with Crippen molar-refractivity contribution in [2.24, 2.45) is 5.73 Å². The summed E-state index contributed by atoms with van der Waals surface area (Å²) in [5, 5.41) is 19.3. The van der Waals surface area contributed by atoms with E-state index in [1.807, 2.05) is 6.92 Å². The summed E-state index contributed by atoms with van der Waals surface area (Å²) < 4.78 is 0. The molecule has 14 heavy (non-hydrogen) atoms. The van der Waals surface area contributed by atoms with Gasteiger partial charge in [-0.1, -0.05) is 18.5 Å². The average Bonchev–Trinajstić information content (AvgIpc) is 2.20. The third-order valence-corrected chi connectivity index (χ3v) is 2.43. The number of benzene rings is 1. The molecule has 0 saturated heterocycles. The summed E-state index contributed by atoms with van der Waals surface area (Å²) in [7, 11) is 0.